The highest BCUT2D eigenvalue weighted by Gasteiger charge is 2.06. The van der Waals surface area contributed by atoms with Crippen molar-refractivity contribution in [3.63, 3.8) is 0 Å². The fourth-order valence-corrected chi connectivity index (χ4v) is 2.32. The highest BCUT2D eigenvalue weighted by molar-refractivity contribution is 7.89. The van der Waals surface area contributed by atoms with Crippen LogP contribution in [-0.4, -0.2) is 24.6 Å². The maximum atomic E-state index is 11.2. The van der Waals surface area contributed by atoms with Crippen molar-refractivity contribution in [3.05, 3.63) is 42.2 Å². The summed E-state index contributed by atoms with van der Waals surface area (Å²) in [5.41, 5.74) is 1.67. The number of sulfone groups is 1. The molecule has 0 fully saturated rings. The highest BCUT2D eigenvalue weighted by atomic mass is 32.2. The lowest BCUT2D eigenvalue weighted by Gasteiger charge is -2.02. The molecule has 0 saturated carbocycles. The summed E-state index contributed by atoms with van der Waals surface area (Å²) in [6.07, 6.45) is 4.63. The van der Waals surface area contributed by atoms with E-state index < -0.39 is 9.84 Å². The molecule has 2 rings (SSSR count). The van der Waals surface area contributed by atoms with E-state index in [1.165, 1.54) is 6.26 Å². The largest absolute Gasteiger partial charge is 0.345 e. The number of benzene rings is 1. The molecule has 0 amide bonds. The number of aromatic amines is 1. The number of hydrogen-bond acceptors (Lipinski definition) is 3. The quantitative estimate of drug-likeness (QED) is 0.880. The molecule has 0 saturated heterocycles. The van der Waals surface area contributed by atoms with Crippen LogP contribution in [0, 0.1) is 0 Å². The van der Waals surface area contributed by atoms with Gasteiger partial charge < -0.3 is 4.98 Å². The number of aromatic nitrogens is 2. The Labute approximate surface area is 94.3 Å². The van der Waals surface area contributed by atoms with E-state index in [4.69, 9.17) is 0 Å². The summed E-state index contributed by atoms with van der Waals surface area (Å²) in [5, 5.41) is 0. The maximum Gasteiger partial charge on any atom is 0.151 e. The third-order valence-electron chi connectivity index (χ3n) is 2.13. The Morgan fingerprint density at radius 1 is 1.38 bits per heavy atom. The lowest BCUT2D eigenvalue weighted by Crippen LogP contribution is -2.00. The molecule has 0 aliphatic heterocycles. The molecule has 5 heteroatoms. The summed E-state index contributed by atoms with van der Waals surface area (Å²) >= 11 is 0. The fraction of sp³-hybridized carbons (Fsp3) is 0.182. The Hall–Kier alpha value is -1.62. The van der Waals surface area contributed by atoms with E-state index in [-0.39, 0.29) is 5.75 Å². The smallest absolute Gasteiger partial charge is 0.151 e. The van der Waals surface area contributed by atoms with Crippen molar-refractivity contribution >= 4 is 9.84 Å². The summed E-state index contributed by atoms with van der Waals surface area (Å²) in [5.74, 6) is 0.803. The zero-order valence-electron chi connectivity index (χ0n) is 8.84. The second-order valence-electron chi connectivity index (χ2n) is 3.71. The van der Waals surface area contributed by atoms with Crippen LogP contribution in [-0.2, 0) is 15.6 Å². The molecule has 4 nitrogen and oxygen atoms in total. The summed E-state index contributed by atoms with van der Waals surface area (Å²) < 4.78 is 22.4. The molecule has 2 aromatic rings. The molecule has 0 bridgehead atoms. The summed E-state index contributed by atoms with van der Waals surface area (Å²) in [4.78, 5) is 7.10. The van der Waals surface area contributed by atoms with Gasteiger partial charge in [-0.25, -0.2) is 13.4 Å². The van der Waals surface area contributed by atoms with Crippen molar-refractivity contribution in [1.29, 1.82) is 0 Å². The number of hydrogen-bond donors (Lipinski definition) is 1. The first kappa shape index (κ1) is 10.9. The molecule has 84 valence electrons. The van der Waals surface area contributed by atoms with Gasteiger partial charge in [-0.2, -0.15) is 0 Å². The Morgan fingerprint density at radius 3 is 2.81 bits per heavy atom. The van der Waals surface area contributed by atoms with Gasteiger partial charge in [0.2, 0.25) is 0 Å². The zero-order chi connectivity index (χ0) is 11.6. The van der Waals surface area contributed by atoms with Gasteiger partial charge in [-0.15, -0.1) is 0 Å². The third-order valence-corrected chi connectivity index (χ3v) is 2.99. The minimum Gasteiger partial charge on any atom is -0.345 e. The number of nitrogens with one attached hydrogen (secondary N) is 1. The van der Waals surface area contributed by atoms with Crippen LogP contribution in [0.25, 0.3) is 11.4 Å². The van der Waals surface area contributed by atoms with Crippen molar-refractivity contribution in [2.75, 3.05) is 6.26 Å². The van der Waals surface area contributed by atoms with Crippen LogP contribution in [0.2, 0.25) is 0 Å². The maximum absolute atomic E-state index is 11.2. The van der Waals surface area contributed by atoms with Gasteiger partial charge in [0.25, 0.3) is 0 Å². The molecule has 1 aromatic heterocycles. The summed E-state index contributed by atoms with van der Waals surface area (Å²) in [7, 11) is -2.99. The van der Waals surface area contributed by atoms with Crippen LogP contribution in [0.15, 0.2) is 36.7 Å². The van der Waals surface area contributed by atoms with E-state index in [9.17, 15) is 8.42 Å². The second kappa shape index (κ2) is 4.09. The van der Waals surface area contributed by atoms with Crippen molar-refractivity contribution in [1.82, 2.24) is 9.97 Å². The van der Waals surface area contributed by atoms with Crippen LogP contribution in [0.1, 0.15) is 5.56 Å². The van der Waals surface area contributed by atoms with Crippen LogP contribution in [0.3, 0.4) is 0 Å². The molecule has 0 radical (unpaired) electrons. The first-order valence-electron chi connectivity index (χ1n) is 4.81. The van der Waals surface area contributed by atoms with Gasteiger partial charge in [0.05, 0.1) is 5.75 Å². The van der Waals surface area contributed by atoms with Gasteiger partial charge >= 0.3 is 0 Å². The van der Waals surface area contributed by atoms with E-state index in [0.29, 0.717) is 0 Å². The van der Waals surface area contributed by atoms with E-state index in [0.717, 1.165) is 17.0 Å². The molecule has 1 N–H and O–H groups in total. The van der Waals surface area contributed by atoms with Crippen LogP contribution in [0.5, 0.6) is 0 Å². The van der Waals surface area contributed by atoms with Gasteiger partial charge in [0.15, 0.2) is 9.84 Å². The minimum atomic E-state index is -2.99. The monoisotopic (exact) mass is 236 g/mol. The number of nitrogens with zero attached hydrogens (tertiary/aromatic N) is 1. The summed E-state index contributed by atoms with van der Waals surface area (Å²) in [6.45, 7) is 0. The Kier molecular flexibility index (Phi) is 2.78. The highest BCUT2D eigenvalue weighted by Crippen LogP contribution is 2.17. The fourth-order valence-electron chi connectivity index (χ4n) is 1.53. The van der Waals surface area contributed by atoms with Gasteiger partial charge in [-0.3, -0.25) is 0 Å². The SMILES string of the molecule is CS(=O)(=O)Cc1cccc(-c2ncc[nH]2)c1. The molecule has 0 atom stereocenters. The van der Waals surface area contributed by atoms with Crippen molar-refractivity contribution in [3.8, 4) is 11.4 Å². The van der Waals surface area contributed by atoms with E-state index >= 15 is 0 Å². The predicted molar refractivity (Wildman–Crippen MR) is 62.6 cm³/mol. The lowest BCUT2D eigenvalue weighted by molar-refractivity contribution is 0.601. The van der Waals surface area contributed by atoms with E-state index in [1.54, 1.807) is 18.5 Å². The Bertz CT molecular complexity index is 574. The first-order chi connectivity index (χ1) is 7.54. The average Bonchev–Trinajstić information content (AvgIpc) is 2.68. The molecule has 0 spiro atoms. The van der Waals surface area contributed by atoms with Gasteiger partial charge in [0.1, 0.15) is 5.82 Å². The van der Waals surface area contributed by atoms with E-state index in [2.05, 4.69) is 9.97 Å². The van der Waals surface area contributed by atoms with Gasteiger partial charge in [-0.1, -0.05) is 18.2 Å². The van der Waals surface area contributed by atoms with Gasteiger partial charge in [0, 0.05) is 24.2 Å². The molecule has 0 aliphatic rings. The molecule has 0 unspecified atom stereocenters. The second-order valence-corrected chi connectivity index (χ2v) is 5.85. The standard InChI is InChI=1S/C11H12N2O2S/c1-16(14,15)8-9-3-2-4-10(7-9)11-12-5-6-13-11/h2-7H,8H2,1H3,(H,12,13). The molecule has 16 heavy (non-hydrogen) atoms. The van der Waals surface area contributed by atoms with Crippen molar-refractivity contribution in [2.45, 2.75) is 5.75 Å². The summed E-state index contributed by atoms with van der Waals surface area (Å²) in [6, 6.07) is 7.36. The number of H-pyrrole nitrogens is 1. The molecule has 1 aromatic carbocycles. The lowest BCUT2D eigenvalue weighted by atomic mass is 10.1. The normalized spacial score (nSPS) is 11.6. The Balaban J connectivity index is 2.34. The molecular weight excluding hydrogens is 224 g/mol. The minimum absolute atomic E-state index is 0.0571. The molecule has 1 heterocycles. The van der Waals surface area contributed by atoms with Crippen LogP contribution >= 0.6 is 0 Å². The van der Waals surface area contributed by atoms with Crippen molar-refractivity contribution < 1.29 is 8.42 Å². The number of rotatable bonds is 3. The third kappa shape index (κ3) is 2.70. The van der Waals surface area contributed by atoms with Crippen molar-refractivity contribution in [2.24, 2.45) is 0 Å². The predicted octanol–water partition coefficient (Wildman–Crippen LogP) is 1.62. The molecule has 0 aliphatic carbocycles. The number of imidazole rings is 1. The average molecular weight is 236 g/mol. The van der Waals surface area contributed by atoms with Crippen LogP contribution in [0.4, 0.5) is 0 Å². The van der Waals surface area contributed by atoms with Crippen LogP contribution < -0.4 is 0 Å². The topological polar surface area (TPSA) is 62.8 Å². The first-order valence-corrected chi connectivity index (χ1v) is 6.87. The van der Waals surface area contributed by atoms with Gasteiger partial charge in [-0.05, 0) is 11.6 Å². The Morgan fingerprint density at radius 2 is 2.19 bits per heavy atom. The molecular formula is C11H12N2O2S. The van der Waals surface area contributed by atoms with E-state index in [1.807, 2.05) is 18.2 Å². The zero-order valence-corrected chi connectivity index (χ0v) is 9.66.